The third-order valence-corrected chi connectivity index (χ3v) is 8.37. The second kappa shape index (κ2) is 8.44. The van der Waals surface area contributed by atoms with Gasteiger partial charge in [0, 0.05) is 34.1 Å². The highest BCUT2D eigenvalue weighted by Gasteiger charge is 2.29. The number of aromatic nitrogens is 1. The first-order valence-corrected chi connectivity index (χ1v) is 12.2. The zero-order valence-corrected chi connectivity index (χ0v) is 19.1. The van der Waals surface area contributed by atoms with Gasteiger partial charge in [0.15, 0.2) is 0 Å². The molecule has 0 unspecified atom stereocenters. The molecule has 160 valence electrons. The Hall–Kier alpha value is -2.30. The van der Waals surface area contributed by atoms with Crippen LogP contribution in [-0.4, -0.2) is 36.0 Å². The first kappa shape index (κ1) is 22.4. The summed E-state index contributed by atoms with van der Waals surface area (Å²) in [5, 5.41) is 12.8. The molecule has 0 saturated heterocycles. The number of sulfone groups is 1. The Morgan fingerprint density at radius 1 is 1.27 bits per heavy atom. The molecule has 0 bridgehead atoms. The van der Waals surface area contributed by atoms with Crippen LogP contribution in [0.5, 0.6) is 0 Å². The maximum absolute atomic E-state index is 14.4. The number of hydrogen-bond donors (Lipinski definition) is 1. The Balaban J connectivity index is 2.11. The minimum atomic E-state index is -3.89. The Labute approximate surface area is 182 Å². The van der Waals surface area contributed by atoms with Gasteiger partial charge >= 0.3 is 6.09 Å². The summed E-state index contributed by atoms with van der Waals surface area (Å²) in [6, 6.07) is 6.03. The molecule has 0 saturated carbocycles. The summed E-state index contributed by atoms with van der Waals surface area (Å²) in [5.41, 5.74) is -0.0288. The van der Waals surface area contributed by atoms with Gasteiger partial charge in [-0.15, -0.1) is 11.3 Å². The zero-order valence-electron chi connectivity index (χ0n) is 16.6. The van der Waals surface area contributed by atoms with Gasteiger partial charge in [0.1, 0.15) is 4.21 Å². The standard InChI is InChI=1S/C20H21FN2O4S3/c1-20(2,3)12-23(19(24)25)10-13-9-16(15-5-4-7-22-17(15)21)18(29-13)30(26,27)14-6-8-28-11-14/h4-9,11H,10,12H2,1-3H3,(H,24,25). The van der Waals surface area contributed by atoms with E-state index in [9.17, 15) is 22.7 Å². The Morgan fingerprint density at radius 2 is 2.00 bits per heavy atom. The quantitative estimate of drug-likeness (QED) is 0.492. The number of halogens is 1. The molecule has 30 heavy (non-hydrogen) atoms. The van der Waals surface area contributed by atoms with Crippen LogP contribution in [0.2, 0.25) is 0 Å². The number of amides is 1. The molecule has 1 amide bonds. The fourth-order valence-electron chi connectivity index (χ4n) is 2.94. The van der Waals surface area contributed by atoms with Crippen LogP contribution in [-0.2, 0) is 16.4 Å². The molecular formula is C20H21FN2O4S3. The summed E-state index contributed by atoms with van der Waals surface area (Å²) in [6.45, 7) is 6.02. The highest BCUT2D eigenvalue weighted by molar-refractivity contribution is 7.93. The molecule has 0 fully saturated rings. The summed E-state index contributed by atoms with van der Waals surface area (Å²) in [6.07, 6.45) is 0.184. The number of rotatable bonds is 6. The van der Waals surface area contributed by atoms with Crippen molar-refractivity contribution in [2.45, 2.75) is 36.4 Å². The summed E-state index contributed by atoms with van der Waals surface area (Å²) in [5.74, 6) is -0.784. The summed E-state index contributed by atoms with van der Waals surface area (Å²) >= 11 is 2.20. The fourth-order valence-corrected chi connectivity index (χ4v) is 7.10. The third-order valence-electron chi connectivity index (χ3n) is 4.13. The summed E-state index contributed by atoms with van der Waals surface area (Å²) < 4.78 is 40.8. The zero-order chi connectivity index (χ0) is 22.1. The molecule has 0 aliphatic carbocycles. The van der Waals surface area contributed by atoms with Gasteiger partial charge in [-0.3, -0.25) is 0 Å². The number of carboxylic acid groups (broad SMARTS) is 1. The highest BCUT2D eigenvalue weighted by Crippen LogP contribution is 2.40. The number of hydrogen-bond acceptors (Lipinski definition) is 6. The first-order chi connectivity index (χ1) is 14.0. The van der Waals surface area contributed by atoms with Gasteiger partial charge in [0.2, 0.25) is 15.8 Å². The van der Waals surface area contributed by atoms with Crippen molar-refractivity contribution in [1.82, 2.24) is 9.88 Å². The lowest BCUT2D eigenvalue weighted by Gasteiger charge is -2.27. The average Bonchev–Trinajstić information content (AvgIpc) is 3.31. The Bertz CT molecular complexity index is 1150. The van der Waals surface area contributed by atoms with Crippen molar-refractivity contribution in [3.8, 4) is 11.1 Å². The third kappa shape index (κ3) is 4.88. The molecular weight excluding hydrogens is 447 g/mol. The van der Waals surface area contributed by atoms with Crippen LogP contribution in [0.15, 0.2) is 50.3 Å². The van der Waals surface area contributed by atoms with Crippen molar-refractivity contribution in [2.75, 3.05) is 6.54 Å². The predicted molar refractivity (Wildman–Crippen MR) is 115 cm³/mol. The SMILES string of the molecule is CC(C)(C)CN(Cc1cc(-c2cccnc2F)c(S(=O)(=O)c2ccsc2)s1)C(=O)O. The van der Waals surface area contributed by atoms with Crippen LogP contribution >= 0.6 is 22.7 Å². The molecule has 1 N–H and O–H groups in total. The lowest BCUT2D eigenvalue weighted by atomic mass is 9.96. The van der Waals surface area contributed by atoms with E-state index in [0.29, 0.717) is 4.88 Å². The van der Waals surface area contributed by atoms with Crippen molar-refractivity contribution in [1.29, 1.82) is 0 Å². The van der Waals surface area contributed by atoms with Crippen molar-refractivity contribution < 1.29 is 22.7 Å². The van der Waals surface area contributed by atoms with Crippen LogP contribution in [0, 0.1) is 11.4 Å². The first-order valence-electron chi connectivity index (χ1n) is 8.98. The second-order valence-corrected chi connectivity index (χ2v) is 12.0. The molecule has 3 aromatic heterocycles. The number of nitrogens with zero attached hydrogens (tertiary/aromatic N) is 2. The van der Waals surface area contributed by atoms with Crippen LogP contribution in [0.4, 0.5) is 9.18 Å². The smallest absolute Gasteiger partial charge is 0.407 e. The second-order valence-electron chi connectivity index (χ2n) is 7.92. The van der Waals surface area contributed by atoms with Gasteiger partial charge in [0.25, 0.3) is 0 Å². The van der Waals surface area contributed by atoms with E-state index in [2.05, 4.69) is 4.98 Å². The number of thiophene rings is 2. The number of pyridine rings is 1. The molecule has 0 aromatic carbocycles. The molecule has 3 aromatic rings. The van der Waals surface area contributed by atoms with Crippen LogP contribution in [0.1, 0.15) is 25.6 Å². The van der Waals surface area contributed by atoms with Crippen molar-refractivity contribution in [3.63, 3.8) is 0 Å². The van der Waals surface area contributed by atoms with E-state index in [4.69, 9.17) is 0 Å². The van der Waals surface area contributed by atoms with Crippen molar-refractivity contribution in [2.24, 2.45) is 5.41 Å². The van der Waals surface area contributed by atoms with E-state index < -0.39 is 21.9 Å². The summed E-state index contributed by atoms with van der Waals surface area (Å²) in [4.78, 5) is 17.2. The normalized spacial score (nSPS) is 12.1. The maximum Gasteiger partial charge on any atom is 0.407 e. The van der Waals surface area contributed by atoms with Gasteiger partial charge in [-0.05, 0) is 35.1 Å². The molecule has 10 heteroatoms. The van der Waals surface area contributed by atoms with Gasteiger partial charge in [-0.1, -0.05) is 20.8 Å². The van der Waals surface area contributed by atoms with Crippen LogP contribution in [0.25, 0.3) is 11.1 Å². The number of carbonyl (C=O) groups is 1. The minimum absolute atomic E-state index is 0.00527. The highest BCUT2D eigenvalue weighted by atomic mass is 32.2. The molecule has 6 nitrogen and oxygen atoms in total. The molecule has 0 atom stereocenters. The van der Waals surface area contributed by atoms with E-state index in [1.54, 1.807) is 11.4 Å². The predicted octanol–water partition coefficient (Wildman–Crippen LogP) is 5.37. The summed E-state index contributed by atoms with van der Waals surface area (Å²) in [7, 11) is -3.89. The molecule has 0 aliphatic heterocycles. The van der Waals surface area contributed by atoms with Crippen LogP contribution < -0.4 is 0 Å². The Kier molecular flexibility index (Phi) is 6.30. The average molecular weight is 469 g/mol. The van der Waals surface area contributed by atoms with Gasteiger partial charge in [-0.25, -0.2) is 18.2 Å². The topological polar surface area (TPSA) is 87.6 Å². The van der Waals surface area contributed by atoms with Gasteiger partial charge < -0.3 is 10.0 Å². The van der Waals surface area contributed by atoms with Gasteiger partial charge in [-0.2, -0.15) is 15.7 Å². The Morgan fingerprint density at radius 3 is 2.57 bits per heavy atom. The molecule has 3 rings (SSSR count). The van der Waals surface area contributed by atoms with Crippen molar-refractivity contribution >= 4 is 38.6 Å². The molecule has 0 aliphatic rings. The van der Waals surface area contributed by atoms with E-state index in [-0.39, 0.29) is 38.7 Å². The monoisotopic (exact) mass is 468 g/mol. The van der Waals surface area contributed by atoms with Crippen molar-refractivity contribution in [3.05, 3.63) is 52.0 Å². The fraction of sp³-hybridized carbons (Fsp3) is 0.300. The molecule has 3 heterocycles. The van der Waals surface area contributed by atoms with E-state index in [1.165, 1.54) is 46.0 Å². The molecule has 0 radical (unpaired) electrons. The maximum atomic E-state index is 14.4. The van der Waals surface area contributed by atoms with Gasteiger partial charge in [0.05, 0.1) is 11.4 Å². The minimum Gasteiger partial charge on any atom is -0.465 e. The van der Waals surface area contributed by atoms with Crippen LogP contribution in [0.3, 0.4) is 0 Å². The lowest BCUT2D eigenvalue weighted by Crippen LogP contribution is -2.36. The molecule has 0 spiro atoms. The largest absolute Gasteiger partial charge is 0.465 e. The van der Waals surface area contributed by atoms with E-state index in [0.717, 1.165) is 11.3 Å². The van der Waals surface area contributed by atoms with E-state index in [1.807, 2.05) is 20.8 Å². The van der Waals surface area contributed by atoms with E-state index >= 15 is 0 Å². The lowest BCUT2D eigenvalue weighted by molar-refractivity contribution is 0.123.